The second-order valence-electron chi connectivity index (χ2n) is 4.69. The Morgan fingerprint density at radius 1 is 1.26 bits per heavy atom. The van der Waals surface area contributed by atoms with Crippen molar-refractivity contribution in [3.8, 4) is 0 Å². The number of hydrogen-bond acceptors (Lipinski definition) is 3. The predicted molar refractivity (Wildman–Crippen MR) is 76.9 cm³/mol. The third-order valence-electron chi connectivity index (χ3n) is 3.06. The van der Waals surface area contributed by atoms with Crippen molar-refractivity contribution in [2.45, 2.75) is 70.0 Å². The van der Waals surface area contributed by atoms with E-state index in [9.17, 15) is 13.6 Å². The number of hydrogen-bond donors (Lipinski definition) is 0. The minimum absolute atomic E-state index is 0.0979. The van der Waals surface area contributed by atoms with Crippen LogP contribution >= 0.6 is 11.8 Å². The first kappa shape index (κ1) is 18.7. The zero-order valence-electron chi connectivity index (χ0n) is 12.2. The quantitative estimate of drug-likeness (QED) is 0.409. The van der Waals surface area contributed by atoms with Crippen LogP contribution in [0.5, 0.6) is 0 Å². The third kappa shape index (κ3) is 9.25. The molecule has 0 amide bonds. The largest absolute Gasteiger partial charge is 0.468 e. The van der Waals surface area contributed by atoms with Crippen molar-refractivity contribution in [2.75, 3.05) is 12.9 Å². The van der Waals surface area contributed by atoms with Crippen LogP contribution in [-0.2, 0) is 9.53 Å². The second kappa shape index (κ2) is 10.5. The fourth-order valence-corrected chi connectivity index (χ4v) is 2.87. The van der Waals surface area contributed by atoms with E-state index in [2.05, 4.69) is 6.92 Å². The number of thioether (sulfide) groups is 1. The van der Waals surface area contributed by atoms with Crippen molar-refractivity contribution in [3.63, 3.8) is 0 Å². The molecular formula is C14H26F2O2S. The molecule has 0 N–H and O–H groups in total. The van der Waals surface area contributed by atoms with Crippen molar-refractivity contribution >= 4 is 17.7 Å². The summed E-state index contributed by atoms with van der Waals surface area (Å²) >= 11 is 1.45. The molecule has 0 saturated carbocycles. The Kier molecular flexibility index (Phi) is 10.3. The Morgan fingerprint density at radius 3 is 2.47 bits per heavy atom. The van der Waals surface area contributed by atoms with Crippen LogP contribution < -0.4 is 0 Å². The molecule has 0 aliphatic carbocycles. The summed E-state index contributed by atoms with van der Waals surface area (Å²) in [6, 6.07) is 0. The van der Waals surface area contributed by atoms with Gasteiger partial charge in [-0.1, -0.05) is 33.1 Å². The number of ether oxygens (including phenoxy) is 1. The Hall–Kier alpha value is -0.320. The summed E-state index contributed by atoms with van der Waals surface area (Å²) in [5.74, 6) is -2.21. The molecule has 0 aromatic rings. The minimum Gasteiger partial charge on any atom is -0.468 e. The number of methoxy groups -OCH3 is 1. The molecule has 0 rings (SSSR count). The molecule has 0 radical (unpaired) electrons. The first-order valence-corrected chi connectivity index (χ1v) is 8.09. The van der Waals surface area contributed by atoms with E-state index >= 15 is 0 Å². The van der Waals surface area contributed by atoms with E-state index in [0.717, 1.165) is 25.7 Å². The molecule has 0 fully saturated rings. The molecule has 0 aromatic heterocycles. The summed E-state index contributed by atoms with van der Waals surface area (Å²) in [4.78, 5) is 11.6. The number of rotatable bonds is 11. The molecule has 1 atom stereocenters. The molecule has 1 unspecified atom stereocenters. The number of unbranched alkanes of at least 4 members (excludes halogenated alkanes) is 2. The fourth-order valence-electron chi connectivity index (χ4n) is 1.71. The van der Waals surface area contributed by atoms with Gasteiger partial charge in [0.1, 0.15) is 5.25 Å². The zero-order valence-corrected chi connectivity index (χ0v) is 13.0. The van der Waals surface area contributed by atoms with Crippen LogP contribution in [0.2, 0.25) is 0 Å². The maximum Gasteiger partial charge on any atom is 0.318 e. The lowest BCUT2D eigenvalue weighted by Crippen LogP contribution is -2.20. The summed E-state index contributed by atoms with van der Waals surface area (Å²) < 4.78 is 30.9. The molecule has 0 heterocycles. The molecule has 0 saturated heterocycles. The van der Waals surface area contributed by atoms with Crippen molar-refractivity contribution in [1.82, 2.24) is 0 Å². The normalized spacial score (nSPS) is 13.3. The van der Waals surface area contributed by atoms with Gasteiger partial charge in [0.25, 0.3) is 0 Å². The van der Waals surface area contributed by atoms with Crippen LogP contribution in [0, 0.1) is 0 Å². The van der Waals surface area contributed by atoms with E-state index in [1.807, 2.05) is 0 Å². The smallest absolute Gasteiger partial charge is 0.318 e. The summed E-state index contributed by atoms with van der Waals surface area (Å²) in [6.07, 6.45) is 4.16. The Balaban J connectivity index is 3.95. The maximum absolute atomic E-state index is 13.0. The minimum atomic E-state index is -2.57. The first-order valence-electron chi connectivity index (χ1n) is 7.04. The number of carbonyl (C=O) groups is 1. The van der Waals surface area contributed by atoms with Crippen molar-refractivity contribution in [3.05, 3.63) is 0 Å². The van der Waals surface area contributed by atoms with Crippen LogP contribution in [0.4, 0.5) is 8.78 Å². The molecule has 0 bridgehead atoms. The average molecular weight is 296 g/mol. The molecule has 0 spiro atoms. The van der Waals surface area contributed by atoms with Crippen LogP contribution in [0.3, 0.4) is 0 Å². The van der Waals surface area contributed by atoms with Gasteiger partial charge in [-0.25, -0.2) is 8.78 Å². The Labute approximate surface area is 119 Å². The van der Waals surface area contributed by atoms with Crippen LogP contribution in [-0.4, -0.2) is 30.0 Å². The van der Waals surface area contributed by atoms with E-state index in [-0.39, 0.29) is 24.1 Å². The van der Waals surface area contributed by atoms with E-state index in [0.29, 0.717) is 12.2 Å². The maximum atomic E-state index is 13.0. The molecule has 0 aliphatic rings. The topological polar surface area (TPSA) is 26.3 Å². The van der Waals surface area contributed by atoms with Gasteiger partial charge in [-0.3, -0.25) is 4.79 Å². The van der Waals surface area contributed by atoms with Crippen molar-refractivity contribution in [2.24, 2.45) is 0 Å². The highest BCUT2D eigenvalue weighted by Gasteiger charge is 2.26. The van der Waals surface area contributed by atoms with Crippen LogP contribution in [0.15, 0.2) is 0 Å². The summed E-state index contributed by atoms with van der Waals surface area (Å²) in [6.45, 7) is 3.60. The lowest BCUT2D eigenvalue weighted by Gasteiger charge is -2.16. The number of carbonyl (C=O) groups excluding carboxylic acids is 1. The highest BCUT2D eigenvalue weighted by molar-refractivity contribution is 8.00. The molecule has 2 nitrogen and oxygen atoms in total. The lowest BCUT2D eigenvalue weighted by atomic mass is 10.1. The molecule has 114 valence electrons. The van der Waals surface area contributed by atoms with Crippen molar-refractivity contribution in [1.29, 1.82) is 0 Å². The molecule has 19 heavy (non-hydrogen) atoms. The van der Waals surface area contributed by atoms with Gasteiger partial charge in [-0.05, 0) is 18.6 Å². The summed E-state index contributed by atoms with van der Waals surface area (Å²) in [7, 11) is 1.38. The van der Waals surface area contributed by atoms with E-state index in [1.54, 1.807) is 0 Å². The third-order valence-corrected chi connectivity index (χ3v) is 4.41. The SMILES string of the molecule is CCCCCC(SCCCC(F)(F)CC)C(=O)OC. The molecular weight excluding hydrogens is 270 g/mol. The van der Waals surface area contributed by atoms with Crippen LogP contribution in [0.25, 0.3) is 0 Å². The fraction of sp³-hybridized carbons (Fsp3) is 0.929. The average Bonchev–Trinajstić information content (AvgIpc) is 2.40. The second-order valence-corrected chi connectivity index (χ2v) is 6.00. The van der Waals surface area contributed by atoms with Gasteiger partial charge in [-0.15, -0.1) is 11.8 Å². The van der Waals surface area contributed by atoms with E-state index < -0.39 is 5.92 Å². The van der Waals surface area contributed by atoms with Gasteiger partial charge in [0.2, 0.25) is 5.92 Å². The standard InChI is InChI=1S/C14H26F2O2S/c1-4-6-7-9-12(13(17)18-3)19-11-8-10-14(15,16)5-2/h12H,4-11H2,1-3H3. The zero-order chi connectivity index (χ0) is 14.7. The molecule has 5 heteroatoms. The Bertz CT molecular complexity index is 248. The van der Waals surface area contributed by atoms with E-state index in [1.165, 1.54) is 25.8 Å². The molecule has 0 aliphatic heterocycles. The monoisotopic (exact) mass is 296 g/mol. The Morgan fingerprint density at radius 2 is 1.95 bits per heavy atom. The van der Waals surface area contributed by atoms with Crippen LogP contribution in [0.1, 0.15) is 58.8 Å². The predicted octanol–water partition coefficient (Wildman–Crippen LogP) is 4.67. The van der Waals surface area contributed by atoms with Gasteiger partial charge in [0.05, 0.1) is 7.11 Å². The molecule has 0 aromatic carbocycles. The highest BCUT2D eigenvalue weighted by Crippen LogP contribution is 2.27. The van der Waals surface area contributed by atoms with Gasteiger partial charge < -0.3 is 4.74 Å². The van der Waals surface area contributed by atoms with E-state index in [4.69, 9.17) is 4.74 Å². The summed E-state index contributed by atoms with van der Waals surface area (Å²) in [5, 5.41) is -0.202. The van der Waals surface area contributed by atoms with Gasteiger partial charge in [0, 0.05) is 12.8 Å². The van der Waals surface area contributed by atoms with Gasteiger partial charge in [0.15, 0.2) is 0 Å². The number of alkyl halides is 2. The number of esters is 1. The van der Waals surface area contributed by atoms with Gasteiger partial charge in [-0.2, -0.15) is 0 Å². The van der Waals surface area contributed by atoms with Crippen molar-refractivity contribution < 1.29 is 18.3 Å². The van der Waals surface area contributed by atoms with Gasteiger partial charge >= 0.3 is 5.97 Å². The number of halogens is 2. The highest BCUT2D eigenvalue weighted by atomic mass is 32.2. The summed E-state index contributed by atoms with van der Waals surface area (Å²) in [5.41, 5.74) is 0. The lowest BCUT2D eigenvalue weighted by molar-refractivity contribution is -0.140. The first-order chi connectivity index (χ1) is 8.96.